The number of rotatable bonds is 6. The van der Waals surface area contributed by atoms with Crippen LogP contribution in [0.5, 0.6) is 5.75 Å². The van der Waals surface area contributed by atoms with Gasteiger partial charge in [-0.2, -0.15) is 4.31 Å². The number of nitrogens with zero attached hydrogens (tertiary/aromatic N) is 2. The molecular weight excluding hydrogens is 377 g/mol. The van der Waals surface area contributed by atoms with Gasteiger partial charge < -0.3 is 10.1 Å². The third-order valence-corrected chi connectivity index (χ3v) is 5.98. The van der Waals surface area contributed by atoms with E-state index in [0.29, 0.717) is 31.8 Å². The molecule has 0 aromatic heterocycles. The van der Waals surface area contributed by atoms with E-state index in [9.17, 15) is 22.9 Å². The molecule has 0 radical (unpaired) electrons. The molecule has 25 heavy (non-hydrogen) atoms. The van der Waals surface area contributed by atoms with Crippen LogP contribution >= 0.6 is 12.4 Å². The van der Waals surface area contributed by atoms with E-state index in [1.807, 2.05) is 7.05 Å². The highest BCUT2D eigenvalue weighted by molar-refractivity contribution is 7.89. The summed E-state index contributed by atoms with van der Waals surface area (Å²) in [5.41, 5.74) is -0.707. The molecule has 1 heterocycles. The lowest BCUT2D eigenvalue weighted by Crippen LogP contribution is -2.40. The number of methoxy groups -OCH3 is 1. The van der Waals surface area contributed by atoms with Gasteiger partial charge in [-0.15, -0.1) is 12.4 Å². The van der Waals surface area contributed by atoms with Gasteiger partial charge in [0.25, 0.3) is 0 Å². The van der Waals surface area contributed by atoms with Crippen LogP contribution in [-0.2, 0) is 10.0 Å². The van der Waals surface area contributed by atoms with E-state index in [1.165, 1.54) is 4.31 Å². The zero-order chi connectivity index (χ0) is 17.9. The Morgan fingerprint density at radius 3 is 2.48 bits per heavy atom. The lowest BCUT2D eigenvalue weighted by molar-refractivity contribution is -0.386. The van der Waals surface area contributed by atoms with Crippen LogP contribution < -0.4 is 10.1 Å². The Labute approximate surface area is 152 Å². The van der Waals surface area contributed by atoms with Crippen LogP contribution in [0.15, 0.2) is 17.0 Å². The average Bonchev–Trinajstić information content (AvgIpc) is 2.54. The first-order chi connectivity index (χ1) is 11.3. The Kier molecular flexibility index (Phi) is 7.54. The minimum absolute atomic E-state index is 0. The van der Waals surface area contributed by atoms with Crippen LogP contribution in [0, 0.1) is 21.8 Å². The van der Waals surface area contributed by atoms with Gasteiger partial charge in [0.05, 0.1) is 16.9 Å². The highest BCUT2D eigenvalue weighted by atomic mass is 35.5. The number of ether oxygens (including phenoxy) is 1. The molecule has 1 aromatic rings. The summed E-state index contributed by atoms with van der Waals surface area (Å²) in [4.78, 5) is 9.75. The molecule has 1 N–H and O–H groups in total. The van der Waals surface area contributed by atoms with Gasteiger partial charge in [-0.3, -0.25) is 10.1 Å². The molecule has 2 rings (SSSR count). The monoisotopic (exact) mass is 397 g/mol. The maximum Gasteiger partial charge on any atom is 0.315 e. The van der Waals surface area contributed by atoms with Gasteiger partial charge in [0.2, 0.25) is 15.8 Å². The molecule has 0 aliphatic carbocycles. The summed E-state index contributed by atoms with van der Waals surface area (Å²) >= 11 is 0. The lowest BCUT2D eigenvalue weighted by atomic mass is 9.98. The second kappa shape index (κ2) is 8.75. The standard InChI is InChI=1S/C14H20FN3O5S.ClH/c1-16-9-10-3-5-17(6-4-10)24(21,22)11-7-12(15)14(23-2)13(8-11)18(19)20;/h7-8,10,16H,3-6,9H2,1-2H3;1H. The van der Waals surface area contributed by atoms with Gasteiger partial charge in [0.15, 0.2) is 5.82 Å². The van der Waals surface area contributed by atoms with E-state index in [2.05, 4.69) is 10.1 Å². The van der Waals surface area contributed by atoms with Gasteiger partial charge in [0.1, 0.15) is 0 Å². The van der Waals surface area contributed by atoms with Crippen molar-refractivity contribution >= 4 is 28.1 Å². The highest BCUT2D eigenvalue weighted by Crippen LogP contribution is 2.34. The van der Waals surface area contributed by atoms with Gasteiger partial charge in [-0.05, 0) is 38.4 Å². The van der Waals surface area contributed by atoms with E-state index < -0.39 is 37.1 Å². The number of halogens is 2. The van der Waals surface area contributed by atoms with Crippen molar-refractivity contribution in [2.24, 2.45) is 5.92 Å². The summed E-state index contributed by atoms with van der Waals surface area (Å²) in [7, 11) is -1.07. The second-order valence-corrected chi connectivity index (χ2v) is 7.56. The van der Waals surface area contributed by atoms with Crippen LogP contribution in [0.25, 0.3) is 0 Å². The molecule has 1 aromatic carbocycles. The van der Waals surface area contributed by atoms with Crippen molar-refractivity contribution in [3.8, 4) is 5.75 Å². The predicted octanol–water partition coefficient (Wildman–Crippen LogP) is 1.78. The van der Waals surface area contributed by atoms with Crippen molar-refractivity contribution in [2.75, 3.05) is 33.8 Å². The molecule has 142 valence electrons. The smallest absolute Gasteiger partial charge is 0.315 e. The van der Waals surface area contributed by atoms with Crippen molar-refractivity contribution in [1.82, 2.24) is 9.62 Å². The first-order valence-corrected chi connectivity index (χ1v) is 8.92. The Hall–Kier alpha value is -1.49. The van der Waals surface area contributed by atoms with Crippen molar-refractivity contribution < 1.29 is 22.5 Å². The number of nitro groups is 1. The van der Waals surface area contributed by atoms with Crippen LogP contribution in [0.1, 0.15) is 12.8 Å². The Balaban J connectivity index is 0.00000312. The third kappa shape index (κ3) is 4.57. The average molecular weight is 398 g/mol. The van der Waals surface area contributed by atoms with E-state index >= 15 is 0 Å². The van der Waals surface area contributed by atoms with Crippen molar-refractivity contribution in [2.45, 2.75) is 17.7 Å². The van der Waals surface area contributed by atoms with Gasteiger partial charge >= 0.3 is 5.69 Å². The van der Waals surface area contributed by atoms with Gasteiger partial charge in [-0.25, -0.2) is 12.8 Å². The highest BCUT2D eigenvalue weighted by Gasteiger charge is 2.32. The van der Waals surface area contributed by atoms with Gasteiger partial charge in [-0.1, -0.05) is 0 Å². The number of sulfonamides is 1. The Morgan fingerprint density at radius 1 is 1.40 bits per heavy atom. The lowest BCUT2D eigenvalue weighted by Gasteiger charge is -2.31. The summed E-state index contributed by atoms with van der Waals surface area (Å²) in [5, 5.41) is 14.1. The fourth-order valence-electron chi connectivity index (χ4n) is 2.83. The molecule has 0 saturated carbocycles. The number of nitro benzene ring substituents is 1. The van der Waals surface area contributed by atoms with Gasteiger partial charge in [0, 0.05) is 19.2 Å². The van der Waals surface area contributed by atoms with Crippen molar-refractivity contribution in [3.63, 3.8) is 0 Å². The van der Waals surface area contributed by atoms with Crippen LogP contribution in [0.2, 0.25) is 0 Å². The zero-order valence-electron chi connectivity index (χ0n) is 13.9. The van der Waals surface area contributed by atoms with Crippen LogP contribution in [0.4, 0.5) is 10.1 Å². The molecule has 1 aliphatic rings. The SMILES string of the molecule is CNCC1CCN(S(=O)(=O)c2cc(F)c(OC)c([N+](=O)[O-])c2)CC1.Cl. The number of hydrogen-bond donors (Lipinski definition) is 1. The number of nitrogens with one attached hydrogen (secondary N) is 1. The van der Waals surface area contributed by atoms with Crippen molar-refractivity contribution in [3.05, 3.63) is 28.1 Å². The molecule has 0 amide bonds. The minimum atomic E-state index is -3.99. The predicted molar refractivity (Wildman–Crippen MR) is 92.3 cm³/mol. The molecule has 0 atom stereocenters. The summed E-state index contributed by atoms with van der Waals surface area (Å²) in [6, 6.07) is 1.61. The summed E-state index contributed by atoms with van der Waals surface area (Å²) < 4.78 is 45.2. The maximum absolute atomic E-state index is 14.0. The quantitative estimate of drug-likeness (QED) is 0.580. The summed E-state index contributed by atoms with van der Waals surface area (Å²) in [6.07, 6.45) is 1.36. The Morgan fingerprint density at radius 2 is 2.00 bits per heavy atom. The molecule has 1 saturated heterocycles. The number of piperidine rings is 1. The molecule has 11 heteroatoms. The maximum atomic E-state index is 14.0. The fourth-order valence-corrected chi connectivity index (χ4v) is 4.34. The van der Waals surface area contributed by atoms with E-state index in [4.69, 9.17) is 0 Å². The molecular formula is C14H21ClFN3O5S. The first kappa shape index (κ1) is 21.6. The minimum Gasteiger partial charge on any atom is -0.488 e. The van der Waals surface area contributed by atoms with E-state index in [-0.39, 0.29) is 12.4 Å². The molecule has 0 spiro atoms. The Bertz CT molecular complexity index is 723. The molecule has 1 aliphatic heterocycles. The van der Waals surface area contributed by atoms with Crippen LogP contribution in [0.3, 0.4) is 0 Å². The summed E-state index contributed by atoms with van der Waals surface area (Å²) in [5.74, 6) is -1.27. The molecule has 0 unspecified atom stereocenters. The topological polar surface area (TPSA) is 102 Å². The normalized spacial score (nSPS) is 16.3. The third-order valence-electron chi connectivity index (χ3n) is 4.10. The zero-order valence-corrected chi connectivity index (χ0v) is 15.5. The van der Waals surface area contributed by atoms with Crippen molar-refractivity contribution in [1.29, 1.82) is 0 Å². The molecule has 8 nitrogen and oxygen atoms in total. The van der Waals surface area contributed by atoms with E-state index in [1.54, 1.807) is 0 Å². The number of hydrogen-bond acceptors (Lipinski definition) is 6. The fraction of sp³-hybridized carbons (Fsp3) is 0.571. The van der Waals surface area contributed by atoms with E-state index in [0.717, 1.165) is 25.8 Å². The summed E-state index contributed by atoms with van der Waals surface area (Å²) in [6.45, 7) is 1.41. The largest absolute Gasteiger partial charge is 0.488 e. The van der Waals surface area contributed by atoms with Crippen LogP contribution in [-0.4, -0.2) is 51.4 Å². The second-order valence-electron chi connectivity index (χ2n) is 5.62. The first-order valence-electron chi connectivity index (χ1n) is 7.48. The number of benzene rings is 1. The molecule has 1 fully saturated rings. The molecule has 0 bridgehead atoms.